The molecule has 0 spiro atoms. The molecule has 2 heterocycles. The lowest BCUT2D eigenvalue weighted by Gasteiger charge is -2.15. The van der Waals surface area contributed by atoms with Crippen LogP contribution >= 0.6 is 11.3 Å². The number of likely N-dealkylation sites (N-methyl/N-ethyl adjacent to an activating group) is 1. The van der Waals surface area contributed by atoms with Crippen molar-refractivity contribution in [2.24, 2.45) is 0 Å². The van der Waals surface area contributed by atoms with Gasteiger partial charge >= 0.3 is 5.97 Å². The van der Waals surface area contributed by atoms with Crippen molar-refractivity contribution < 1.29 is 14.3 Å². The third-order valence-electron chi connectivity index (χ3n) is 3.69. The Morgan fingerprint density at radius 3 is 2.71 bits per heavy atom. The van der Waals surface area contributed by atoms with Gasteiger partial charge in [0.2, 0.25) is 5.95 Å². The van der Waals surface area contributed by atoms with Crippen LogP contribution in [0.15, 0.2) is 48.1 Å². The zero-order valence-corrected chi connectivity index (χ0v) is 16.3. The molecule has 1 aromatic carbocycles. The quantitative estimate of drug-likeness (QED) is 0.612. The number of ether oxygens (including phenoxy) is 1. The van der Waals surface area contributed by atoms with Crippen LogP contribution in [0.2, 0.25) is 0 Å². The molecule has 9 heteroatoms. The molecule has 0 saturated heterocycles. The number of rotatable bonds is 7. The van der Waals surface area contributed by atoms with Gasteiger partial charge in [0.1, 0.15) is 6.54 Å². The molecule has 0 unspecified atom stereocenters. The zero-order chi connectivity index (χ0) is 19.9. The van der Waals surface area contributed by atoms with Crippen molar-refractivity contribution in [1.29, 1.82) is 0 Å². The summed E-state index contributed by atoms with van der Waals surface area (Å²) in [4.78, 5) is 38.1. The summed E-state index contributed by atoms with van der Waals surface area (Å²) in [5.74, 6) is -0.562. The minimum absolute atomic E-state index is 0.0596. The van der Waals surface area contributed by atoms with Crippen LogP contribution in [-0.4, -0.2) is 47.0 Å². The number of carbonyl (C=O) groups excluding carboxylic acids is 2. The van der Waals surface area contributed by atoms with Crippen LogP contribution in [0, 0.1) is 6.92 Å². The summed E-state index contributed by atoms with van der Waals surface area (Å²) in [5.41, 5.74) is 2.37. The lowest BCUT2D eigenvalue weighted by Crippen LogP contribution is -2.30. The molecule has 28 heavy (non-hydrogen) atoms. The molecular formula is C19H19N5O3S. The van der Waals surface area contributed by atoms with Gasteiger partial charge in [-0.05, 0) is 25.1 Å². The molecule has 1 amide bonds. The first kappa shape index (κ1) is 19.4. The van der Waals surface area contributed by atoms with Crippen molar-refractivity contribution >= 4 is 34.8 Å². The largest absolute Gasteiger partial charge is 0.454 e. The number of esters is 1. The number of hydrogen-bond acceptors (Lipinski definition) is 8. The smallest absolute Gasteiger partial charge is 0.326 e. The van der Waals surface area contributed by atoms with Crippen LogP contribution in [0.4, 0.5) is 11.6 Å². The normalized spacial score (nSPS) is 10.4. The number of carbonyl (C=O) groups is 2. The second kappa shape index (κ2) is 9.05. The Morgan fingerprint density at radius 2 is 2.00 bits per heavy atom. The summed E-state index contributed by atoms with van der Waals surface area (Å²) in [5, 5.41) is 5.66. The van der Waals surface area contributed by atoms with Crippen molar-refractivity contribution in [3.05, 3.63) is 53.1 Å². The number of thiazole rings is 1. The zero-order valence-electron chi connectivity index (χ0n) is 15.5. The van der Waals surface area contributed by atoms with Gasteiger partial charge in [0.25, 0.3) is 5.91 Å². The van der Waals surface area contributed by atoms with E-state index in [1.165, 1.54) is 0 Å². The van der Waals surface area contributed by atoms with Gasteiger partial charge in [-0.1, -0.05) is 12.1 Å². The van der Waals surface area contributed by atoms with Gasteiger partial charge in [-0.3, -0.25) is 9.59 Å². The summed E-state index contributed by atoms with van der Waals surface area (Å²) in [6, 6.07) is 9.04. The van der Waals surface area contributed by atoms with E-state index in [1.807, 2.05) is 30.5 Å². The standard InChI is InChI=1S/C19H19N5O3S/c1-13-22-16(12-28-13)14-5-3-6-15(9-14)23-17(25)11-27-18(26)10-24(2)19-20-7-4-8-21-19/h3-9,12H,10-11H2,1-2H3,(H,23,25). The summed E-state index contributed by atoms with van der Waals surface area (Å²) in [7, 11) is 1.67. The molecule has 3 aromatic rings. The highest BCUT2D eigenvalue weighted by molar-refractivity contribution is 7.09. The van der Waals surface area contributed by atoms with E-state index in [0.717, 1.165) is 16.3 Å². The Balaban J connectivity index is 1.50. The Labute approximate surface area is 166 Å². The molecule has 0 aliphatic carbocycles. The van der Waals surface area contributed by atoms with E-state index in [-0.39, 0.29) is 13.2 Å². The van der Waals surface area contributed by atoms with Gasteiger partial charge in [0, 0.05) is 36.1 Å². The molecule has 0 bridgehead atoms. The molecule has 3 rings (SSSR count). The van der Waals surface area contributed by atoms with Crippen LogP contribution in [0.5, 0.6) is 0 Å². The lowest BCUT2D eigenvalue weighted by atomic mass is 10.1. The second-order valence-corrected chi connectivity index (χ2v) is 7.01. The van der Waals surface area contributed by atoms with Gasteiger partial charge in [0.15, 0.2) is 6.61 Å². The van der Waals surface area contributed by atoms with Crippen LogP contribution in [0.25, 0.3) is 11.3 Å². The van der Waals surface area contributed by atoms with E-state index in [2.05, 4.69) is 20.3 Å². The van der Waals surface area contributed by atoms with Crippen LogP contribution in [0.3, 0.4) is 0 Å². The number of anilines is 2. The fourth-order valence-electron chi connectivity index (χ4n) is 2.39. The molecule has 0 saturated carbocycles. The third kappa shape index (κ3) is 5.34. The monoisotopic (exact) mass is 397 g/mol. The first-order chi connectivity index (χ1) is 13.5. The van der Waals surface area contributed by atoms with Crippen molar-refractivity contribution in [3.63, 3.8) is 0 Å². The maximum Gasteiger partial charge on any atom is 0.326 e. The lowest BCUT2D eigenvalue weighted by molar-refractivity contribution is -0.145. The number of aromatic nitrogens is 3. The minimum Gasteiger partial charge on any atom is -0.454 e. The Bertz CT molecular complexity index is 961. The first-order valence-corrected chi connectivity index (χ1v) is 9.35. The molecule has 1 N–H and O–H groups in total. The average molecular weight is 397 g/mol. The Kier molecular flexibility index (Phi) is 6.28. The fourth-order valence-corrected chi connectivity index (χ4v) is 3.02. The highest BCUT2D eigenvalue weighted by atomic mass is 32.1. The van der Waals surface area contributed by atoms with Crippen molar-refractivity contribution in [3.8, 4) is 11.3 Å². The van der Waals surface area contributed by atoms with Crippen LogP contribution < -0.4 is 10.2 Å². The minimum atomic E-state index is -0.545. The fraction of sp³-hybridized carbons (Fsp3) is 0.211. The van der Waals surface area contributed by atoms with Gasteiger partial charge in [0.05, 0.1) is 10.7 Å². The molecular weight excluding hydrogens is 378 g/mol. The van der Waals surface area contributed by atoms with Crippen molar-refractivity contribution in [2.45, 2.75) is 6.92 Å². The predicted octanol–water partition coefficient (Wildman–Crippen LogP) is 2.53. The molecule has 8 nitrogen and oxygen atoms in total. The maximum atomic E-state index is 12.1. The van der Waals surface area contributed by atoms with E-state index < -0.39 is 11.9 Å². The molecule has 0 aliphatic heterocycles. The van der Waals surface area contributed by atoms with Gasteiger partial charge in [-0.2, -0.15) is 0 Å². The number of amides is 1. The number of nitrogens with one attached hydrogen (secondary N) is 1. The Morgan fingerprint density at radius 1 is 1.21 bits per heavy atom. The van der Waals surface area contributed by atoms with Crippen molar-refractivity contribution in [2.75, 3.05) is 30.4 Å². The summed E-state index contributed by atoms with van der Waals surface area (Å²) >= 11 is 1.56. The molecule has 0 radical (unpaired) electrons. The maximum absolute atomic E-state index is 12.1. The van der Waals surface area contributed by atoms with Crippen LogP contribution in [-0.2, 0) is 14.3 Å². The highest BCUT2D eigenvalue weighted by Gasteiger charge is 2.13. The topological polar surface area (TPSA) is 97.3 Å². The predicted molar refractivity (Wildman–Crippen MR) is 107 cm³/mol. The Hall–Kier alpha value is -3.33. The third-order valence-corrected chi connectivity index (χ3v) is 4.46. The number of hydrogen-bond donors (Lipinski definition) is 1. The first-order valence-electron chi connectivity index (χ1n) is 8.47. The van der Waals surface area contributed by atoms with Gasteiger partial charge in [-0.15, -0.1) is 11.3 Å². The van der Waals surface area contributed by atoms with E-state index >= 15 is 0 Å². The van der Waals surface area contributed by atoms with E-state index in [0.29, 0.717) is 11.6 Å². The summed E-state index contributed by atoms with van der Waals surface area (Å²) < 4.78 is 5.03. The van der Waals surface area contributed by atoms with E-state index in [9.17, 15) is 9.59 Å². The van der Waals surface area contributed by atoms with Gasteiger partial charge < -0.3 is 15.0 Å². The summed E-state index contributed by atoms with van der Waals surface area (Å²) in [6.07, 6.45) is 3.16. The molecule has 144 valence electrons. The van der Waals surface area contributed by atoms with E-state index in [1.54, 1.807) is 47.8 Å². The summed E-state index contributed by atoms with van der Waals surface area (Å²) in [6.45, 7) is 1.51. The number of benzene rings is 1. The molecule has 2 aromatic heterocycles. The van der Waals surface area contributed by atoms with Crippen LogP contribution in [0.1, 0.15) is 5.01 Å². The van der Waals surface area contributed by atoms with Crippen molar-refractivity contribution in [1.82, 2.24) is 15.0 Å². The average Bonchev–Trinajstić information content (AvgIpc) is 3.14. The number of nitrogens with zero attached hydrogens (tertiary/aromatic N) is 4. The molecule has 0 fully saturated rings. The SMILES string of the molecule is Cc1nc(-c2cccc(NC(=O)COC(=O)CN(C)c3ncccn3)c2)cs1. The molecule has 0 atom stereocenters. The number of aryl methyl sites for hydroxylation is 1. The highest BCUT2D eigenvalue weighted by Crippen LogP contribution is 2.24. The second-order valence-electron chi connectivity index (χ2n) is 5.95. The molecule has 0 aliphatic rings. The van der Waals surface area contributed by atoms with Gasteiger partial charge in [-0.25, -0.2) is 15.0 Å². The van der Waals surface area contributed by atoms with E-state index in [4.69, 9.17) is 4.74 Å².